The summed E-state index contributed by atoms with van der Waals surface area (Å²) in [7, 11) is 3.81. The number of carbonyl (C=O) groups is 2. The van der Waals surface area contributed by atoms with Crippen LogP contribution in [0.1, 0.15) is 5.56 Å². The highest BCUT2D eigenvalue weighted by Gasteiger charge is 2.41. The maximum absolute atomic E-state index is 14.4. The van der Waals surface area contributed by atoms with Crippen LogP contribution in [0.25, 0.3) is 5.57 Å². The van der Waals surface area contributed by atoms with E-state index in [4.69, 9.17) is 0 Å². The van der Waals surface area contributed by atoms with Gasteiger partial charge in [-0.25, -0.2) is 13.7 Å². The van der Waals surface area contributed by atoms with Gasteiger partial charge in [0.1, 0.15) is 17.3 Å². The lowest BCUT2D eigenvalue weighted by Gasteiger charge is -2.16. The molecule has 0 saturated heterocycles. The number of benzene rings is 3. The molecule has 1 N–H and O–H groups in total. The maximum Gasteiger partial charge on any atom is 0.282 e. The Morgan fingerprint density at radius 3 is 2.06 bits per heavy atom. The van der Waals surface area contributed by atoms with Crippen molar-refractivity contribution in [2.75, 3.05) is 29.2 Å². The summed E-state index contributed by atoms with van der Waals surface area (Å²) in [5.74, 6) is -2.54. The molecule has 0 aromatic heterocycles. The molecule has 1 heterocycles. The average molecular weight is 419 g/mol. The van der Waals surface area contributed by atoms with E-state index in [1.165, 1.54) is 42.5 Å². The van der Waals surface area contributed by atoms with E-state index in [1.807, 2.05) is 31.1 Å². The minimum atomic E-state index is -0.695. The highest BCUT2D eigenvalue weighted by molar-refractivity contribution is 6.46. The standard InChI is InChI=1S/C24H19F2N3O2/c1-28(2)18-13-11-17(12-14-18)27-22-21(15-7-9-16(25)10-8-15)23(30)29(24(22)31)20-6-4-3-5-19(20)26/h3-14,27H,1-2H3. The molecule has 1 aliphatic heterocycles. The number of anilines is 3. The fraction of sp³-hybridized carbons (Fsp3) is 0.0833. The van der Waals surface area contributed by atoms with Crippen LogP contribution in [0.2, 0.25) is 0 Å². The van der Waals surface area contributed by atoms with Crippen molar-refractivity contribution < 1.29 is 18.4 Å². The molecule has 1 aliphatic rings. The third-order valence-electron chi connectivity index (χ3n) is 4.96. The molecule has 0 radical (unpaired) electrons. The van der Waals surface area contributed by atoms with Crippen molar-refractivity contribution in [3.63, 3.8) is 0 Å². The van der Waals surface area contributed by atoms with Gasteiger partial charge in [-0.15, -0.1) is 0 Å². The highest BCUT2D eigenvalue weighted by atomic mass is 19.1. The minimum Gasteiger partial charge on any atom is -0.378 e. The number of carbonyl (C=O) groups excluding carboxylic acids is 2. The molecule has 0 aliphatic carbocycles. The van der Waals surface area contributed by atoms with E-state index in [0.717, 1.165) is 10.6 Å². The predicted molar refractivity (Wildman–Crippen MR) is 117 cm³/mol. The molecule has 2 amide bonds. The summed E-state index contributed by atoms with van der Waals surface area (Å²) in [6, 6.07) is 18.1. The predicted octanol–water partition coefficient (Wildman–Crippen LogP) is 4.43. The van der Waals surface area contributed by atoms with Gasteiger partial charge in [-0.2, -0.15) is 0 Å². The third kappa shape index (κ3) is 3.77. The first-order valence-corrected chi connectivity index (χ1v) is 9.55. The number of hydrogen-bond donors (Lipinski definition) is 1. The van der Waals surface area contributed by atoms with Crippen molar-refractivity contribution >= 4 is 34.4 Å². The van der Waals surface area contributed by atoms with Crippen LogP contribution in [0.4, 0.5) is 25.8 Å². The lowest BCUT2D eigenvalue weighted by molar-refractivity contribution is -0.120. The Labute approximate surface area is 178 Å². The van der Waals surface area contributed by atoms with Gasteiger partial charge in [0, 0.05) is 25.5 Å². The fourth-order valence-corrected chi connectivity index (χ4v) is 3.37. The van der Waals surface area contributed by atoms with Gasteiger partial charge in [0.2, 0.25) is 0 Å². The first-order valence-electron chi connectivity index (χ1n) is 9.55. The molecule has 0 unspecified atom stereocenters. The summed E-state index contributed by atoms with van der Waals surface area (Å²) in [5, 5.41) is 3.00. The lowest BCUT2D eigenvalue weighted by atomic mass is 10.0. The Morgan fingerprint density at radius 2 is 1.45 bits per heavy atom. The van der Waals surface area contributed by atoms with E-state index in [9.17, 15) is 18.4 Å². The number of hydrogen-bond acceptors (Lipinski definition) is 4. The summed E-state index contributed by atoms with van der Waals surface area (Å²) in [4.78, 5) is 29.2. The largest absolute Gasteiger partial charge is 0.378 e. The van der Waals surface area contributed by atoms with Crippen LogP contribution in [0, 0.1) is 11.6 Å². The minimum absolute atomic E-state index is 0.00235. The topological polar surface area (TPSA) is 52.7 Å². The smallest absolute Gasteiger partial charge is 0.282 e. The van der Waals surface area contributed by atoms with Crippen LogP contribution < -0.4 is 15.1 Å². The average Bonchev–Trinajstić information content (AvgIpc) is 2.99. The molecule has 0 fully saturated rings. The van der Waals surface area contributed by atoms with Gasteiger partial charge in [-0.05, 0) is 54.1 Å². The Balaban J connectivity index is 1.79. The molecule has 0 saturated carbocycles. The van der Waals surface area contributed by atoms with Gasteiger partial charge >= 0.3 is 0 Å². The Kier molecular flexibility index (Phi) is 5.25. The Bertz CT molecular complexity index is 1190. The first-order chi connectivity index (χ1) is 14.9. The Hall–Kier alpha value is -4.00. The summed E-state index contributed by atoms with van der Waals surface area (Å²) in [6.45, 7) is 0. The molecular formula is C24H19F2N3O2. The zero-order chi connectivity index (χ0) is 22.1. The zero-order valence-electron chi connectivity index (χ0n) is 16.9. The summed E-state index contributed by atoms with van der Waals surface area (Å²) < 4.78 is 27.8. The number of halogens is 2. The molecule has 5 nitrogen and oxygen atoms in total. The number of nitrogens with one attached hydrogen (secondary N) is 1. The molecule has 4 rings (SSSR count). The van der Waals surface area contributed by atoms with Crippen LogP contribution in [0.15, 0.2) is 78.5 Å². The van der Waals surface area contributed by atoms with Gasteiger partial charge in [0.25, 0.3) is 11.8 Å². The molecule has 3 aromatic rings. The zero-order valence-corrected chi connectivity index (χ0v) is 16.9. The van der Waals surface area contributed by atoms with Crippen molar-refractivity contribution in [2.45, 2.75) is 0 Å². The van der Waals surface area contributed by atoms with Crippen molar-refractivity contribution in [3.05, 3.63) is 95.7 Å². The molecule has 0 bridgehead atoms. The number of para-hydroxylation sites is 1. The SMILES string of the molecule is CN(C)c1ccc(NC2=C(c3ccc(F)cc3)C(=O)N(c3ccccc3F)C2=O)cc1. The van der Waals surface area contributed by atoms with Gasteiger partial charge in [0.05, 0.1) is 11.3 Å². The quantitative estimate of drug-likeness (QED) is 0.622. The van der Waals surface area contributed by atoms with Crippen LogP contribution in [0.5, 0.6) is 0 Å². The van der Waals surface area contributed by atoms with E-state index in [-0.39, 0.29) is 17.0 Å². The molecule has 31 heavy (non-hydrogen) atoms. The number of imide groups is 1. The second-order valence-electron chi connectivity index (χ2n) is 7.22. The highest BCUT2D eigenvalue weighted by Crippen LogP contribution is 2.35. The van der Waals surface area contributed by atoms with E-state index in [2.05, 4.69) is 5.32 Å². The number of rotatable bonds is 5. The normalized spacial score (nSPS) is 13.7. The van der Waals surface area contributed by atoms with E-state index >= 15 is 0 Å². The summed E-state index contributed by atoms with van der Waals surface area (Å²) in [5.41, 5.74) is 1.79. The van der Waals surface area contributed by atoms with Gasteiger partial charge in [-0.3, -0.25) is 9.59 Å². The van der Waals surface area contributed by atoms with Crippen LogP contribution in [-0.4, -0.2) is 25.9 Å². The summed E-state index contributed by atoms with van der Waals surface area (Å²) >= 11 is 0. The van der Waals surface area contributed by atoms with Crippen molar-refractivity contribution in [2.24, 2.45) is 0 Å². The lowest BCUT2D eigenvalue weighted by Crippen LogP contribution is -2.33. The van der Waals surface area contributed by atoms with E-state index in [1.54, 1.807) is 18.2 Å². The fourth-order valence-electron chi connectivity index (χ4n) is 3.37. The second kappa shape index (κ2) is 8.02. The third-order valence-corrected chi connectivity index (χ3v) is 4.96. The molecule has 0 spiro atoms. The van der Waals surface area contributed by atoms with Crippen LogP contribution in [0.3, 0.4) is 0 Å². The van der Waals surface area contributed by atoms with Crippen molar-refractivity contribution in [1.82, 2.24) is 0 Å². The molecule has 156 valence electrons. The van der Waals surface area contributed by atoms with Crippen molar-refractivity contribution in [1.29, 1.82) is 0 Å². The van der Waals surface area contributed by atoms with Gasteiger partial charge < -0.3 is 10.2 Å². The van der Waals surface area contributed by atoms with Crippen LogP contribution >= 0.6 is 0 Å². The monoisotopic (exact) mass is 419 g/mol. The number of amides is 2. The molecule has 3 aromatic carbocycles. The summed E-state index contributed by atoms with van der Waals surface area (Å²) in [6.07, 6.45) is 0. The van der Waals surface area contributed by atoms with Gasteiger partial charge in [-0.1, -0.05) is 24.3 Å². The van der Waals surface area contributed by atoms with E-state index < -0.39 is 23.4 Å². The first kappa shape index (κ1) is 20.3. The van der Waals surface area contributed by atoms with Crippen LogP contribution in [-0.2, 0) is 9.59 Å². The maximum atomic E-state index is 14.4. The molecule has 7 heteroatoms. The molecular weight excluding hydrogens is 400 g/mol. The number of nitrogens with zero attached hydrogens (tertiary/aromatic N) is 2. The second-order valence-corrected chi connectivity index (χ2v) is 7.22. The van der Waals surface area contributed by atoms with E-state index in [0.29, 0.717) is 11.3 Å². The van der Waals surface area contributed by atoms with Crippen molar-refractivity contribution in [3.8, 4) is 0 Å². The Morgan fingerprint density at radius 1 is 0.806 bits per heavy atom. The molecule has 0 atom stereocenters. The van der Waals surface area contributed by atoms with Gasteiger partial charge in [0.15, 0.2) is 0 Å².